The standard InChI is InChI=1S/C15H18N4O2.C13H17F2NO/c1-9-13(10-7-12(20)8-10)18-19(14(9)17-15(16)21)11-5-3-2-4-6-11;1-17-5-4-16-3-2-10(9-16)11-6-12(14)8-13(15)7-11/h2-6,10,12,20H,7-8H2,1H3,(H3,16,17,21);6-8,10H,2-5,9H2,1H3. The number of anilines is 1. The van der Waals surface area contributed by atoms with Gasteiger partial charge in [-0.15, -0.1) is 0 Å². The molecule has 2 aliphatic rings. The van der Waals surface area contributed by atoms with Gasteiger partial charge in [0.25, 0.3) is 0 Å². The highest BCUT2D eigenvalue weighted by atomic mass is 19.1. The number of halogens is 2. The third kappa shape index (κ3) is 6.75. The number of aliphatic hydroxyl groups is 1. The number of para-hydroxylation sites is 1. The lowest BCUT2D eigenvalue weighted by Gasteiger charge is -2.30. The Balaban J connectivity index is 0.000000181. The van der Waals surface area contributed by atoms with Crippen molar-refractivity contribution >= 4 is 11.8 Å². The van der Waals surface area contributed by atoms with Gasteiger partial charge < -0.3 is 20.5 Å². The summed E-state index contributed by atoms with van der Waals surface area (Å²) in [6.07, 6.45) is 2.13. The third-order valence-electron chi connectivity index (χ3n) is 7.14. The minimum atomic E-state index is -0.615. The molecule has 2 heterocycles. The summed E-state index contributed by atoms with van der Waals surface area (Å²) in [6, 6.07) is 12.7. The van der Waals surface area contributed by atoms with Crippen LogP contribution in [0.15, 0.2) is 48.5 Å². The largest absolute Gasteiger partial charge is 0.393 e. The second kappa shape index (κ2) is 12.5. The van der Waals surface area contributed by atoms with Crippen molar-refractivity contribution in [2.45, 2.75) is 44.1 Å². The number of aliphatic hydroxyl groups excluding tert-OH is 1. The number of nitrogens with zero attached hydrogens (tertiary/aromatic N) is 3. The Morgan fingerprint density at radius 3 is 2.45 bits per heavy atom. The summed E-state index contributed by atoms with van der Waals surface area (Å²) in [7, 11) is 1.68. The Labute approximate surface area is 221 Å². The molecule has 3 aromatic rings. The van der Waals surface area contributed by atoms with Crippen LogP contribution < -0.4 is 11.1 Å². The van der Waals surface area contributed by atoms with Crippen LogP contribution in [-0.2, 0) is 4.74 Å². The van der Waals surface area contributed by atoms with Gasteiger partial charge in [-0.1, -0.05) is 18.2 Å². The number of nitrogens with two attached hydrogens (primary N) is 1. The minimum absolute atomic E-state index is 0.233. The zero-order valence-corrected chi connectivity index (χ0v) is 21.7. The molecule has 2 amide bonds. The number of benzene rings is 2. The first kappa shape index (κ1) is 27.7. The van der Waals surface area contributed by atoms with Gasteiger partial charge in [0.1, 0.15) is 17.5 Å². The minimum Gasteiger partial charge on any atom is -0.393 e. The van der Waals surface area contributed by atoms with Crippen LogP contribution in [0.5, 0.6) is 0 Å². The number of rotatable bonds is 7. The number of carbonyl (C=O) groups excluding carboxylic acids is 1. The number of urea groups is 1. The maximum Gasteiger partial charge on any atom is 0.317 e. The number of methoxy groups -OCH3 is 1. The number of aromatic nitrogens is 2. The Morgan fingerprint density at radius 2 is 1.84 bits per heavy atom. The fourth-order valence-corrected chi connectivity index (χ4v) is 5.07. The molecule has 0 spiro atoms. The molecule has 38 heavy (non-hydrogen) atoms. The zero-order chi connectivity index (χ0) is 27.2. The number of nitrogens with one attached hydrogen (secondary N) is 1. The molecule has 5 rings (SSSR count). The summed E-state index contributed by atoms with van der Waals surface area (Å²) in [5.74, 6) is 0.0752. The van der Waals surface area contributed by atoms with Crippen LogP contribution in [0, 0.1) is 18.6 Å². The molecule has 0 bridgehead atoms. The normalized spacial score (nSPS) is 20.9. The van der Waals surface area contributed by atoms with E-state index in [2.05, 4.69) is 15.3 Å². The van der Waals surface area contributed by atoms with Crippen LogP contribution in [0.2, 0.25) is 0 Å². The topological polar surface area (TPSA) is 106 Å². The first-order valence-electron chi connectivity index (χ1n) is 12.8. The SMILES string of the molecule is COCCN1CCC(c2cc(F)cc(F)c2)C1.Cc1c(C2CC(O)C2)nn(-c2ccccc2)c1NC(N)=O. The molecule has 1 saturated carbocycles. The average molecular weight is 528 g/mol. The van der Waals surface area contributed by atoms with Crippen LogP contribution in [0.4, 0.5) is 19.4 Å². The first-order chi connectivity index (χ1) is 18.2. The Morgan fingerprint density at radius 1 is 1.16 bits per heavy atom. The number of likely N-dealkylation sites (tertiary alicyclic amines) is 1. The van der Waals surface area contributed by atoms with Crippen molar-refractivity contribution in [2.24, 2.45) is 5.73 Å². The summed E-state index contributed by atoms with van der Waals surface area (Å²) in [5.41, 5.74) is 8.69. The van der Waals surface area contributed by atoms with Crippen LogP contribution in [0.25, 0.3) is 5.69 Å². The molecule has 1 aliphatic heterocycles. The van der Waals surface area contributed by atoms with E-state index >= 15 is 0 Å². The summed E-state index contributed by atoms with van der Waals surface area (Å²) in [4.78, 5) is 13.5. The molecule has 1 unspecified atom stereocenters. The summed E-state index contributed by atoms with van der Waals surface area (Å²) in [5, 5.41) is 16.8. The second-order valence-electron chi connectivity index (χ2n) is 9.90. The smallest absolute Gasteiger partial charge is 0.317 e. The molecule has 1 saturated heterocycles. The van der Waals surface area contributed by atoms with Crippen molar-refractivity contribution in [3.63, 3.8) is 0 Å². The molecule has 1 aliphatic carbocycles. The molecular formula is C28H35F2N5O3. The molecule has 2 fully saturated rings. The van der Waals surface area contributed by atoms with E-state index in [1.807, 2.05) is 37.3 Å². The van der Waals surface area contributed by atoms with Crippen molar-refractivity contribution in [3.05, 3.63) is 77.0 Å². The maximum atomic E-state index is 13.1. The van der Waals surface area contributed by atoms with E-state index in [-0.39, 0.29) is 17.9 Å². The van der Waals surface area contributed by atoms with Gasteiger partial charge >= 0.3 is 6.03 Å². The summed E-state index contributed by atoms with van der Waals surface area (Å²) < 4.78 is 32.9. The molecule has 8 nitrogen and oxygen atoms in total. The highest BCUT2D eigenvalue weighted by Gasteiger charge is 2.33. The fourth-order valence-electron chi connectivity index (χ4n) is 5.07. The fraction of sp³-hybridized carbons (Fsp3) is 0.429. The van der Waals surface area contributed by atoms with Gasteiger partial charge in [0.15, 0.2) is 0 Å². The van der Waals surface area contributed by atoms with Gasteiger partial charge in [-0.3, -0.25) is 5.32 Å². The number of hydrogen-bond acceptors (Lipinski definition) is 5. The van der Waals surface area contributed by atoms with Crippen molar-refractivity contribution < 1.29 is 23.4 Å². The highest BCUT2D eigenvalue weighted by molar-refractivity contribution is 5.88. The van der Waals surface area contributed by atoms with E-state index in [1.165, 1.54) is 12.1 Å². The Hall–Kier alpha value is -3.34. The predicted octanol–water partition coefficient (Wildman–Crippen LogP) is 4.31. The lowest BCUT2D eigenvalue weighted by atomic mass is 9.79. The number of carbonyl (C=O) groups is 1. The third-order valence-corrected chi connectivity index (χ3v) is 7.14. The summed E-state index contributed by atoms with van der Waals surface area (Å²) >= 11 is 0. The maximum absolute atomic E-state index is 13.1. The van der Waals surface area contributed by atoms with E-state index in [4.69, 9.17) is 10.5 Å². The lowest BCUT2D eigenvalue weighted by Crippen LogP contribution is -2.27. The number of amides is 2. The quantitative estimate of drug-likeness (QED) is 0.425. The van der Waals surface area contributed by atoms with E-state index in [1.54, 1.807) is 11.8 Å². The molecule has 204 valence electrons. The van der Waals surface area contributed by atoms with Gasteiger partial charge in [-0.2, -0.15) is 5.10 Å². The molecule has 4 N–H and O–H groups in total. The highest BCUT2D eigenvalue weighted by Crippen LogP contribution is 2.40. The molecule has 1 aromatic heterocycles. The van der Waals surface area contributed by atoms with Crippen LogP contribution in [0.1, 0.15) is 47.9 Å². The van der Waals surface area contributed by atoms with E-state index in [0.29, 0.717) is 25.3 Å². The monoisotopic (exact) mass is 527 g/mol. The number of hydrogen-bond donors (Lipinski definition) is 3. The van der Waals surface area contributed by atoms with Crippen molar-refractivity contribution in [1.29, 1.82) is 0 Å². The molecule has 0 radical (unpaired) electrons. The molecular weight excluding hydrogens is 492 g/mol. The van der Waals surface area contributed by atoms with Crippen molar-refractivity contribution in [3.8, 4) is 5.69 Å². The van der Waals surface area contributed by atoms with E-state index in [0.717, 1.165) is 54.6 Å². The number of primary amides is 1. The number of ether oxygens (including phenoxy) is 1. The van der Waals surface area contributed by atoms with Gasteiger partial charge in [-0.25, -0.2) is 18.3 Å². The van der Waals surface area contributed by atoms with Crippen molar-refractivity contribution in [2.75, 3.05) is 38.7 Å². The van der Waals surface area contributed by atoms with Crippen LogP contribution in [0.3, 0.4) is 0 Å². The second-order valence-corrected chi connectivity index (χ2v) is 9.90. The predicted molar refractivity (Wildman–Crippen MR) is 142 cm³/mol. The van der Waals surface area contributed by atoms with Gasteiger partial charge in [0.05, 0.1) is 24.1 Å². The van der Waals surface area contributed by atoms with Crippen LogP contribution in [-0.4, -0.2) is 65.3 Å². The molecule has 1 atom stereocenters. The van der Waals surface area contributed by atoms with Gasteiger partial charge in [-0.05, 0) is 68.5 Å². The zero-order valence-electron chi connectivity index (χ0n) is 21.7. The van der Waals surface area contributed by atoms with Gasteiger partial charge in [0, 0.05) is 37.7 Å². The molecule has 2 aromatic carbocycles. The van der Waals surface area contributed by atoms with E-state index < -0.39 is 17.7 Å². The van der Waals surface area contributed by atoms with Crippen molar-refractivity contribution in [1.82, 2.24) is 14.7 Å². The first-order valence-corrected chi connectivity index (χ1v) is 12.8. The van der Waals surface area contributed by atoms with Gasteiger partial charge in [0.2, 0.25) is 0 Å². The van der Waals surface area contributed by atoms with Crippen LogP contribution >= 0.6 is 0 Å². The summed E-state index contributed by atoms with van der Waals surface area (Å²) in [6.45, 7) is 5.31. The Kier molecular flexibility index (Phi) is 9.09. The molecule has 10 heteroatoms. The lowest BCUT2D eigenvalue weighted by molar-refractivity contribution is 0.0729. The van der Waals surface area contributed by atoms with E-state index in [9.17, 15) is 18.7 Å². The Bertz CT molecular complexity index is 1210. The average Bonchev–Trinajstić information content (AvgIpc) is 3.46.